The Morgan fingerprint density at radius 2 is 2.11 bits per heavy atom. The van der Waals surface area contributed by atoms with E-state index in [4.69, 9.17) is 16.3 Å². The van der Waals surface area contributed by atoms with E-state index in [0.29, 0.717) is 12.3 Å². The van der Waals surface area contributed by atoms with E-state index in [1.54, 1.807) is 0 Å². The van der Waals surface area contributed by atoms with E-state index in [1.807, 2.05) is 18.2 Å². The Bertz CT molecular complexity index is 407. The van der Waals surface area contributed by atoms with E-state index in [-0.39, 0.29) is 5.78 Å². The van der Waals surface area contributed by atoms with Gasteiger partial charge in [-0.1, -0.05) is 26.2 Å². The minimum atomic E-state index is 0.0916. The number of hydrogen-bond donors (Lipinski definition) is 0. The van der Waals surface area contributed by atoms with E-state index in [9.17, 15) is 4.79 Å². The normalized spacial score (nSPS) is 10.5. The van der Waals surface area contributed by atoms with Crippen LogP contribution < -0.4 is 4.74 Å². The maximum Gasteiger partial charge on any atom is 0.165 e. The molecule has 1 rings (SSSR count). The summed E-state index contributed by atoms with van der Waals surface area (Å²) in [6, 6.07) is 5.61. The lowest BCUT2D eigenvalue weighted by Gasteiger charge is -2.08. The molecule has 0 aromatic heterocycles. The van der Waals surface area contributed by atoms with Gasteiger partial charge in [-0.3, -0.25) is 4.79 Å². The van der Waals surface area contributed by atoms with Gasteiger partial charge in [0.2, 0.25) is 0 Å². The largest absolute Gasteiger partial charge is 0.494 e. The summed E-state index contributed by atoms with van der Waals surface area (Å²) in [5, 5.41) is 0. The van der Waals surface area contributed by atoms with Crippen molar-refractivity contribution in [3.8, 4) is 5.75 Å². The van der Waals surface area contributed by atoms with Crippen molar-refractivity contribution < 1.29 is 9.53 Å². The van der Waals surface area contributed by atoms with Crippen LogP contribution in [0.4, 0.5) is 0 Å². The minimum Gasteiger partial charge on any atom is -0.494 e. The third-order valence-electron chi connectivity index (χ3n) is 2.83. The van der Waals surface area contributed by atoms with Gasteiger partial charge in [0.15, 0.2) is 5.78 Å². The number of ketones is 1. The van der Waals surface area contributed by atoms with Gasteiger partial charge < -0.3 is 4.74 Å². The van der Waals surface area contributed by atoms with Crippen molar-refractivity contribution in [3.63, 3.8) is 0 Å². The fourth-order valence-corrected chi connectivity index (χ4v) is 2.71. The topological polar surface area (TPSA) is 26.3 Å². The van der Waals surface area contributed by atoms with Crippen molar-refractivity contribution in [1.82, 2.24) is 0 Å². The predicted molar refractivity (Wildman–Crippen MR) is 88.5 cm³/mol. The van der Waals surface area contributed by atoms with Crippen LogP contribution in [0.2, 0.25) is 0 Å². The number of carbonyl (C=O) groups excluding carboxylic acids is 1. The summed E-state index contributed by atoms with van der Waals surface area (Å²) in [5.74, 6) is 1.29. The lowest BCUT2D eigenvalue weighted by atomic mass is 10.1. The van der Waals surface area contributed by atoms with Crippen LogP contribution >= 0.6 is 34.2 Å². The number of carbonyl (C=O) groups is 1. The van der Waals surface area contributed by atoms with Gasteiger partial charge in [0, 0.05) is 21.4 Å². The monoisotopic (exact) mass is 394 g/mol. The first kappa shape index (κ1) is 16.8. The summed E-state index contributed by atoms with van der Waals surface area (Å²) in [6.07, 6.45) is 5.16. The summed E-state index contributed by atoms with van der Waals surface area (Å²) in [5.41, 5.74) is 0.736. The third-order valence-corrected chi connectivity index (χ3v) is 3.91. The Kier molecular flexibility index (Phi) is 8.46. The van der Waals surface area contributed by atoms with Crippen LogP contribution in [0, 0.1) is 3.57 Å². The average Bonchev–Trinajstić information content (AvgIpc) is 2.39. The van der Waals surface area contributed by atoms with Crippen molar-refractivity contribution in [2.45, 2.75) is 39.0 Å². The van der Waals surface area contributed by atoms with Gasteiger partial charge in [-0.25, -0.2) is 0 Å². The Labute approximate surface area is 134 Å². The number of ether oxygens (including phenoxy) is 1. The van der Waals surface area contributed by atoms with Crippen LogP contribution in [0.5, 0.6) is 5.75 Å². The molecular formula is C15H20ClIO2. The Morgan fingerprint density at radius 3 is 2.74 bits per heavy atom. The number of rotatable bonds is 9. The smallest absolute Gasteiger partial charge is 0.165 e. The fourth-order valence-electron chi connectivity index (χ4n) is 1.75. The SMILES string of the molecule is CCCCCCOc1ccc(C(=O)CCCl)c(I)c1. The highest BCUT2D eigenvalue weighted by Gasteiger charge is 2.10. The van der Waals surface area contributed by atoms with Crippen molar-refractivity contribution in [1.29, 1.82) is 0 Å². The molecule has 0 bridgehead atoms. The molecule has 19 heavy (non-hydrogen) atoms. The summed E-state index contributed by atoms with van der Waals surface area (Å²) in [7, 11) is 0. The van der Waals surface area contributed by atoms with Crippen molar-refractivity contribution in [2.75, 3.05) is 12.5 Å². The molecule has 4 heteroatoms. The molecule has 0 saturated carbocycles. The van der Waals surface area contributed by atoms with Gasteiger partial charge in [0.05, 0.1) is 6.61 Å². The van der Waals surface area contributed by atoms with Crippen LogP contribution in [0.3, 0.4) is 0 Å². The molecule has 0 aliphatic heterocycles. The maximum absolute atomic E-state index is 11.8. The Morgan fingerprint density at radius 1 is 1.32 bits per heavy atom. The van der Waals surface area contributed by atoms with Crippen molar-refractivity contribution >= 4 is 40.0 Å². The molecule has 1 aromatic rings. The lowest BCUT2D eigenvalue weighted by Crippen LogP contribution is -2.03. The summed E-state index contributed by atoms with van der Waals surface area (Å²) in [4.78, 5) is 11.8. The molecule has 0 aliphatic rings. The molecule has 1 aromatic carbocycles. The zero-order chi connectivity index (χ0) is 14.1. The first-order valence-corrected chi connectivity index (χ1v) is 8.32. The molecule has 0 unspecified atom stereocenters. The number of hydrogen-bond acceptors (Lipinski definition) is 2. The highest BCUT2D eigenvalue weighted by molar-refractivity contribution is 14.1. The number of halogens is 2. The first-order valence-electron chi connectivity index (χ1n) is 6.70. The quantitative estimate of drug-likeness (QED) is 0.253. The highest BCUT2D eigenvalue weighted by Crippen LogP contribution is 2.21. The van der Waals surface area contributed by atoms with Crippen LogP contribution in [0.15, 0.2) is 18.2 Å². The zero-order valence-corrected chi connectivity index (χ0v) is 14.2. The fraction of sp³-hybridized carbons (Fsp3) is 0.533. The number of Topliss-reactive ketones (excluding diaryl/α,β-unsaturated/α-hetero) is 1. The molecule has 0 amide bonds. The Hall–Kier alpha value is -0.290. The molecule has 0 aliphatic carbocycles. The van der Waals surface area contributed by atoms with E-state index in [0.717, 1.165) is 27.9 Å². The maximum atomic E-state index is 11.8. The summed E-state index contributed by atoms with van der Waals surface area (Å²) in [6.45, 7) is 2.94. The van der Waals surface area contributed by atoms with E-state index in [2.05, 4.69) is 29.5 Å². The van der Waals surface area contributed by atoms with E-state index in [1.165, 1.54) is 19.3 Å². The van der Waals surface area contributed by atoms with Gasteiger partial charge in [-0.15, -0.1) is 11.6 Å². The molecule has 0 saturated heterocycles. The molecule has 0 N–H and O–H groups in total. The van der Waals surface area contributed by atoms with Crippen LogP contribution in [0.25, 0.3) is 0 Å². The Balaban J connectivity index is 2.49. The highest BCUT2D eigenvalue weighted by atomic mass is 127. The summed E-state index contributed by atoms with van der Waals surface area (Å²) < 4.78 is 6.62. The number of unbranched alkanes of at least 4 members (excludes halogenated alkanes) is 3. The predicted octanol–water partition coefficient (Wildman–Crippen LogP) is 5.06. The van der Waals surface area contributed by atoms with E-state index >= 15 is 0 Å². The first-order chi connectivity index (χ1) is 9.19. The van der Waals surface area contributed by atoms with Gasteiger partial charge in [0.25, 0.3) is 0 Å². The number of benzene rings is 1. The lowest BCUT2D eigenvalue weighted by molar-refractivity contribution is 0.0988. The van der Waals surface area contributed by atoms with Crippen LogP contribution in [-0.2, 0) is 0 Å². The third kappa shape index (κ3) is 6.13. The molecule has 0 radical (unpaired) electrons. The van der Waals surface area contributed by atoms with Gasteiger partial charge in [0.1, 0.15) is 5.75 Å². The van der Waals surface area contributed by atoms with E-state index < -0.39 is 0 Å². The molecule has 2 nitrogen and oxygen atoms in total. The molecule has 0 atom stereocenters. The summed E-state index contributed by atoms with van der Waals surface area (Å²) >= 11 is 7.76. The van der Waals surface area contributed by atoms with Gasteiger partial charge >= 0.3 is 0 Å². The second-order valence-electron chi connectivity index (χ2n) is 4.41. The molecule has 106 valence electrons. The minimum absolute atomic E-state index is 0.0916. The zero-order valence-electron chi connectivity index (χ0n) is 11.3. The van der Waals surface area contributed by atoms with Gasteiger partial charge in [-0.2, -0.15) is 0 Å². The van der Waals surface area contributed by atoms with Crippen molar-refractivity contribution in [2.24, 2.45) is 0 Å². The van der Waals surface area contributed by atoms with Crippen LogP contribution in [0.1, 0.15) is 49.4 Å². The molecular weight excluding hydrogens is 375 g/mol. The molecule has 0 fully saturated rings. The molecule has 0 spiro atoms. The second kappa shape index (κ2) is 9.59. The average molecular weight is 395 g/mol. The van der Waals surface area contributed by atoms with Crippen molar-refractivity contribution in [3.05, 3.63) is 27.3 Å². The van der Waals surface area contributed by atoms with Crippen LogP contribution in [-0.4, -0.2) is 18.3 Å². The second-order valence-corrected chi connectivity index (χ2v) is 5.95. The standard InChI is InChI=1S/C15H20ClIO2/c1-2-3-4-5-10-19-12-6-7-13(14(17)11-12)15(18)8-9-16/h6-7,11H,2-5,8-10H2,1H3. The van der Waals surface area contributed by atoms with Gasteiger partial charge in [-0.05, 0) is 47.2 Å². The molecule has 0 heterocycles. The number of alkyl halides is 1.